The molecule has 1 amide bonds. The van der Waals surface area contributed by atoms with E-state index in [1.807, 2.05) is 23.1 Å². The highest BCUT2D eigenvalue weighted by molar-refractivity contribution is 5.80. The number of hydrogen-bond donors (Lipinski definition) is 1. The predicted molar refractivity (Wildman–Crippen MR) is 90.2 cm³/mol. The van der Waals surface area contributed by atoms with Gasteiger partial charge in [0.25, 0.3) is 0 Å². The van der Waals surface area contributed by atoms with Crippen molar-refractivity contribution in [2.75, 3.05) is 13.1 Å². The van der Waals surface area contributed by atoms with E-state index in [4.69, 9.17) is 0 Å². The topological polar surface area (TPSA) is 66.3 Å². The van der Waals surface area contributed by atoms with Gasteiger partial charge in [-0.2, -0.15) is 0 Å². The number of amides is 1. The Morgan fingerprint density at radius 3 is 2.58 bits per heavy atom. The molecule has 0 atom stereocenters. The minimum absolute atomic E-state index is 0.000824. The van der Waals surface area contributed by atoms with Crippen molar-refractivity contribution in [3.63, 3.8) is 0 Å². The van der Waals surface area contributed by atoms with Crippen LogP contribution in [0, 0.1) is 5.92 Å². The number of aliphatic hydroxyl groups is 1. The van der Waals surface area contributed by atoms with Gasteiger partial charge in [-0.05, 0) is 19.3 Å². The average molecular weight is 323 g/mol. The number of aliphatic hydroxyl groups excluding tert-OH is 1. The van der Waals surface area contributed by atoms with E-state index in [0.717, 1.165) is 35.4 Å². The molecule has 1 N–H and O–H groups in total. The third kappa shape index (κ3) is 2.80. The Bertz CT molecular complexity index is 742. The Hall–Kier alpha value is -2.27. The van der Waals surface area contributed by atoms with Gasteiger partial charge in [0.05, 0.1) is 11.8 Å². The highest BCUT2D eigenvalue weighted by Gasteiger charge is 2.36. The van der Waals surface area contributed by atoms with E-state index in [1.54, 1.807) is 6.33 Å². The number of carbonyl (C=O) groups excluding carboxylic acids is 1. The van der Waals surface area contributed by atoms with E-state index in [2.05, 4.69) is 22.1 Å². The van der Waals surface area contributed by atoms with Crippen molar-refractivity contribution in [2.45, 2.75) is 31.8 Å². The molecule has 2 aliphatic rings. The zero-order valence-corrected chi connectivity index (χ0v) is 13.6. The first-order valence-electron chi connectivity index (χ1n) is 8.57. The molecular formula is C19H21N3O2. The lowest BCUT2D eigenvalue weighted by molar-refractivity contribution is -0.142. The molecule has 1 aliphatic carbocycles. The summed E-state index contributed by atoms with van der Waals surface area (Å²) in [4.78, 5) is 23.5. The van der Waals surface area contributed by atoms with Crippen LogP contribution in [0.25, 0.3) is 11.3 Å². The number of hydrogen-bond acceptors (Lipinski definition) is 4. The van der Waals surface area contributed by atoms with Crippen LogP contribution in [-0.2, 0) is 17.6 Å². The Morgan fingerprint density at radius 1 is 1.08 bits per heavy atom. The van der Waals surface area contributed by atoms with Crippen LogP contribution in [0.2, 0.25) is 0 Å². The van der Waals surface area contributed by atoms with Crippen LogP contribution in [0.4, 0.5) is 0 Å². The minimum atomic E-state index is -0.293. The molecule has 5 heteroatoms. The fourth-order valence-corrected chi connectivity index (χ4v) is 3.64. The predicted octanol–water partition coefficient (Wildman–Crippen LogP) is 1.84. The summed E-state index contributed by atoms with van der Waals surface area (Å²) in [5.74, 6) is 0.184. The Kier molecular flexibility index (Phi) is 4.02. The zero-order valence-electron chi connectivity index (χ0n) is 13.6. The molecule has 2 aromatic rings. The van der Waals surface area contributed by atoms with E-state index < -0.39 is 0 Å². The van der Waals surface area contributed by atoms with E-state index in [-0.39, 0.29) is 17.9 Å². The number of aromatic nitrogens is 2. The summed E-state index contributed by atoms with van der Waals surface area (Å²) in [6.45, 7) is 1.40. The second-order valence-corrected chi connectivity index (χ2v) is 6.66. The van der Waals surface area contributed by atoms with Gasteiger partial charge in [-0.25, -0.2) is 9.97 Å². The van der Waals surface area contributed by atoms with E-state index in [9.17, 15) is 9.90 Å². The SMILES string of the molecule is O=C(C1CC(O)C1)N1CCc2ncnc(-c3ccccc3)c2CC1. The number of benzene rings is 1. The van der Waals surface area contributed by atoms with Gasteiger partial charge >= 0.3 is 0 Å². The summed E-state index contributed by atoms with van der Waals surface area (Å²) in [5, 5.41) is 9.44. The maximum atomic E-state index is 12.6. The lowest BCUT2D eigenvalue weighted by Gasteiger charge is -2.34. The maximum absolute atomic E-state index is 12.6. The summed E-state index contributed by atoms with van der Waals surface area (Å²) in [6, 6.07) is 10.1. The summed E-state index contributed by atoms with van der Waals surface area (Å²) < 4.78 is 0. The summed E-state index contributed by atoms with van der Waals surface area (Å²) in [5.41, 5.74) is 4.28. The largest absolute Gasteiger partial charge is 0.393 e. The molecule has 1 saturated carbocycles. The second-order valence-electron chi connectivity index (χ2n) is 6.66. The highest BCUT2D eigenvalue weighted by Crippen LogP contribution is 2.31. The van der Waals surface area contributed by atoms with Crippen LogP contribution in [0.15, 0.2) is 36.7 Å². The lowest BCUT2D eigenvalue weighted by Crippen LogP contribution is -2.44. The highest BCUT2D eigenvalue weighted by atomic mass is 16.3. The number of rotatable bonds is 2. The molecule has 1 aliphatic heterocycles. The van der Waals surface area contributed by atoms with Gasteiger partial charge in [-0.1, -0.05) is 30.3 Å². The molecule has 0 spiro atoms. The molecule has 2 heterocycles. The molecule has 1 fully saturated rings. The summed E-state index contributed by atoms with van der Waals surface area (Å²) >= 11 is 0. The van der Waals surface area contributed by atoms with Crippen molar-refractivity contribution >= 4 is 5.91 Å². The van der Waals surface area contributed by atoms with E-state index in [1.165, 1.54) is 0 Å². The summed E-state index contributed by atoms with van der Waals surface area (Å²) in [7, 11) is 0. The smallest absolute Gasteiger partial charge is 0.225 e. The third-order valence-corrected chi connectivity index (χ3v) is 5.11. The van der Waals surface area contributed by atoms with Gasteiger partial charge in [0.15, 0.2) is 0 Å². The monoisotopic (exact) mass is 323 g/mol. The van der Waals surface area contributed by atoms with Crippen LogP contribution in [-0.4, -0.2) is 45.1 Å². The quantitative estimate of drug-likeness (QED) is 0.916. The maximum Gasteiger partial charge on any atom is 0.225 e. The van der Waals surface area contributed by atoms with Gasteiger partial charge in [0.1, 0.15) is 6.33 Å². The van der Waals surface area contributed by atoms with E-state index >= 15 is 0 Å². The third-order valence-electron chi connectivity index (χ3n) is 5.11. The van der Waals surface area contributed by atoms with Gasteiger partial charge < -0.3 is 10.0 Å². The van der Waals surface area contributed by atoms with Gasteiger partial charge in [0, 0.05) is 42.2 Å². The van der Waals surface area contributed by atoms with Crippen LogP contribution < -0.4 is 0 Å². The lowest BCUT2D eigenvalue weighted by atomic mass is 9.81. The average Bonchev–Trinajstić information content (AvgIpc) is 2.82. The van der Waals surface area contributed by atoms with Crippen molar-refractivity contribution in [3.05, 3.63) is 47.9 Å². The van der Waals surface area contributed by atoms with Crippen LogP contribution in [0.3, 0.4) is 0 Å². The number of carbonyl (C=O) groups is 1. The zero-order chi connectivity index (χ0) is 16.5. The molecule has 24 heavy (non-hydrogen) atoms. The molecule has 1 aromatic heterocycles. The number of fused-ring (bicyclic) bond motifs is 1. The molecule has 0 radical (unpaired) electrons. The van der Waals surface area contributed by atoms with Crippen molar-refractivity contribution in [1.82, 2.24) is 14.9 Å². The fraction of sp³-hybridized carbons (Fsp3) is 0.421. The number of nitrogens with zero attached hydrogens (tertiary/aromatic N) is 3. The van der Waals surface area contributed by atoms with Crippen LogP contribution >= 0.6 is 0 Å². The second kappa shape index (κ2) is 6.32. The first-order valence-corrected chi connectivity index (χ1v) is 8.57. The molecule has 0 saturated heterocycles. The van der Waals surface area contributed by atoms with Crippen molar-refractivity contribution in [2.24, 2.45) is 5.92 Å². The molecule has 4 rings (SSSR count). The van der Waals surface area contributed by atoms with E-state index in [0.29, 0.717) is 25.9 Å². The standard InChI is InChI=1S/C19H21N3O2/c23-15-10-14(11-15)19(24)22-8-6-16-17(7-9-22)20-12-21-18(16)13-4-2-1-3-5-13/h1-5,12,14-15,23H,6-11H2. The van der Waals surface area contributed by atoms with Gasteiger partial charge in [0.2, 0.25) is 5.91 Å². The molecule has 1 aromatic carbocycles. The minimum Gasteiger partial charge on any atom is -0.393 e. The first-order chi connectivity index (χ1) is 11.7. The fourth-order valence-electron chi connectivity index (χ4n) is 3.64. The molecule has 124 valence electrons. The Balaban J connectivity index is 1.56. The Labute approximate surface area is 141 Å². The van der Waals surface area contributed by atoms with Crippen LogP contribution in [0.5, 0.6) is 0 Å². The van der Waals surface area contributed by atoms with Gasteiger partial charge in [-0.3, -0.25) is 4.79 Å². The molecule has 5 nitrogen and oxygen atoms in total. The molecule has 0 bridgehead atoms. The van der Waals surface area contributed by atoms with Crippen molar-refractivity contribution < 1.29 is 9.90 Å². The first kappa shape index (κ1) is 15.3. The van der Waals surface area contributed by atoms with Crippen LogP contribution in [0.1, 0.15) is 24.1 Å². The molecule has 0 unspecified atom stereocenters. The van der Waals surface area contributed by atoms with Crippen molar-refractivity contribution in [3.8, 4) is 11.3 Å². The van der Waals surface area contributed by atoms with Gasteiger partial charge in [-0.15, -0.1) is 0 Å². The molecular weight excluding hydrogens is 302 g/mol. The normalized spacial score (nSPS) is 23.1. The van der Waals surface area contributed by atoms with Crippen molar-refractivity contribution in [1.29, 1.82) is 0 Å². The summed E-state index contributed by atoms with van der Waals surface area (Å²) in [6.07, 6.45) is 4.09. The Morgan fingerprint density at radius 2 is 1.83 bits per heavy atom.